The predicted molar refractivity (Wildman–Crippen MR) is 46.3 cm³/mol. The lowest BCUT2D eigenvalue weighted by Gasteiger charge is -2.15. The first-order valence-electron chi connectivity index (χ1n) is 4.03. The van der Waals surface area contributed by atoms with E-state index in [0.717, 1.165) is 12.0 Å². The summed E-state index contributed by atoms with van der Waals surface area (Å²) in [6, 6.07) is 0. The molecule has 0 unspecified atom stereocenters. The zero-order chi connectivity index (χ0) is 8.43. The van der Waals surface area contributed by atoms with Gasteiger partial charge in [-0.15, -0.1) is 0 Å². The standard InChI is InChI=1S/C10H14O/c1-7(2)10-8(3)5-4-6-9(10)11/h4,6-7H,5H2,1-3H3. The maximum absolute atomic E-state index is 11.3. The summed E-state index contributed by atoms with van der Waals surface area (Å²) in [5.74, 6) is 0.566. The quantitative estimate of drug-likeness (QED) is 0.561. The SMILES string of the molecule is CC1=C(C(C)C)C(=O)C=CC1. The second-order valence-corrected chi connectivity index (χ2v) is 3.32. The molecule has 0 N–H and O–H groups in total. The van der Waals surface area contributed by atoms with Crippen molar-refractivity contribution < 1.29 is 4.79 Å². The molecule has 0 aromatic rings. The average Bonchev–Trinajstić information content (AvgIpc) is 1.85. The van der Waals surface area contributed by atoms with Crippen molar-refractivity contribution in [3.05, 3.63) is 23.3 Å². The van der Waals surface area contributed by atoms with Crippen LogP contribution in [0.4, 0.5) is 0 Å². The van der Waals surface area contributed by atoms with Crippen molar-refractivity contribution in [2.45, 2.75) is 27.2 Å². The number of carbonyl (C=O) groups is 1. The van der Waals surface area contributed by atoms with Crippen LogP contribution in [0, 0.1) is 5.92 Å². The van der Waals surface area contributed by atoms with E-state index < -0.39 is 0 Å². The molecule has 0 aromatic heterocycles. The van der Waals surface area contributed by atoms with Crippen LogP contribution >= 0.6 is 0 Å². The third-order valence-electron chi connectivity index (χ3n) is 2.00. The normalized spacial score (nSPS) is 18.4. The van der Waals surface area contributed by atoms with Gasteiger partial charge in [0.2, 0.25) is 0 Å². The Hall–Kier alpha value is -0.850. The molecule has 0 atom stereocenters. The highest BCUT2D eigenvalue weighted by Crippen LogP contribution is 2.22. The zero-order valence-corrected chi connectivity index (χ0v) is 7.35. The molecular weight excluding hydrogens is 136 g/mol. The van der Waals surface area contributed by atoms with Crippen LogP contribution < -0.4 is 0 Å². The van der Waals surface area contributed by atoms with Gasteiger partial charge in [-0.05, 0) is 25.3 Å². The number of rotatable bonds is 1. The number of hydrogen-bond donors (Lipinski definition) is 0. The van der Waals surface area contributed by atoms with Crippen molar-refractivity contribution in [1.29, 1.82) is 0 Å². The highest BCUT2D eigenvalue weighted by Gasteiger charge is 2.15. The molecule has 0 bridgehead atoms. The lowest BCUT2D eigenvalue weighted by molar-refractivity contribution is -0.111. The molecular formula is C10H14O. The van der Waals surface area contributed by atoms with Crippen molar-refractivity contribution in [2.24, 2.45) is 5.92 Å². The fourth-order valence-corrected chi connectivity index (χ4v) is 1.53. The van der Waals surface area contributed by atoms with Crippen molar-refractivity contribution in [1.82, 2.24) is 0 Å². The monoisotopic (exact) mass is 150 g/mol. The molecule has 0 saturated heterocycles. The molecule has 0 saturated carbocycles. The molecule has 0 spiro atoms. The first-order valence-corrected chi connectivity index (χ1v) is 4.03. The number of carbonyl (C=O) groups excluding carboxylic acids is 1. The minimum atomic E-state index is 0.198. The van der Waals surface area contributed by atoms with E-state index in [9.17, 15) is 4.79 Å². The maximum atomic E-state index is 11.3. The van der Waals surface area contributed by atoms with Crippen LogP contribution in [0.5, 0.6) is 0 Å². The van der Waals surface area contributed by atoms with E-state index in [0.29, 0.717) is 5.92 Å². The van der Waals surface area contributed by atoms with Crippen molar-refractivity contribution in [2.75, 3.05) is 0 Å². The van der Waals surface area contributed by atoms with Gasteiger partial charge in [-0.3, -0.25) is 4.79 Å². The largest absolute Gasteiger partial charge is 0.290 e. The minimum Gasteiger partial charge on any atom is -0.290 e. The Balaban J connectivity index is 2.96. The highest BCUT2D eigenvalue weighted by molar-refractivity contribution is 6.05. The van der Waals surface area contributed by atoms with E-state index in [-0.39, 0.29) is 5.78 Å². The summed E-state index contributed by atoms with van der Waals surface area (Å²) < 4.78 is 0. The number of hydrogen-bond acceptors (Lipinski definition) is 1. The van der Waals surface area contributed by atoms with Gasteiger partial charge < -0.3 is 0 Å². The summed E-state index contributed by atoms with van der Waals surface area (Å²) >= 11 is 0. The van der Waals surface area contributed by atoms with Gasteiger partial charge in [0.05, 0.1) is 0 Å². The van der Waals surface area contributed by atoms with E-state index in [1.54, 1.807) is 6.08 Å². The van der Waals surface area contributed by atoms with Gasteiger partial charge in [0.25, 0.3) is 0 Å². The molecule has 1 aliphatic rings. The fourth-order valence-electron chi connectivity index (χ4n) is 1.53. The molecule has 0 heterocycles. The zero-order valence-electron chi connectivity index (χ0n) is 7.35. The van der Waals surface area contributed by atoms with E-state index in [2.05, 4.69) is 13.8 Å². The first kappa shape index (κ1) is 8.25. The smallest absolute Gasteiger partial charge is 0.181 e. The molecule has 0 aromatic carbocycles. The lowest BCUT2D eigenvalue weighted by atomic mass is 9.89. The maximum Gasteiger partial charge on any atom is 0.181 e. The summed E-state index contributed by atoms with van der Waals surface area (Å²) in [5.41, 5.74) is 2.24. The van der Waals surface area contributed by atoms with Crippen LogP contribution in [0.15, 0.2) is 23.3 Å². The Bertz CT molecular complexity index is 231. The van der Waals surface area contributed by atoms with Crippen LogP contribution in [-0.2, 0) is 4.79 Å². The summed E-state index contributed by atoms with van der Waals surface area (Å²) in [5, 5.41) is 0. The Morgan fingerprint density at radius 2 is 2.09 bits per heavy atom. The first-order chi connectivity index (χ1) is 5.13. The Morgan fingerprint density at radius 3 is 2.45 bits per heavy atom. The van der Waals surface area contributed by atoms with E-state index in [4.69, 9.17) is 0 Å². The van der Waals surface area contributed by atoms with Gasteiger partial charge in [-0.1, -0.05) is 25.5 Å². The van der Waals surface area contributed by atoms with Gasteiger partial charge in [0, 0.05) is 5.57 Å². The number of ketones is 1. The van der Waals surface area contributed by atoms with Gasteiger partial charge in [0.1, 0.15) is 0 Å². The lowest BCUT2D eigenvalue weighted by Crippen LogP contribution is -2.10. The Labute approximate surface area is 67.8 Å². The molecule has 1 heteroatoms. The summed E-state index contributed by atoms with van der Waals surface area (Å²) in [6.07, 6.45) is 4.56. The Kier molecular flexibility index (Phi) is 2.28. The molecule has 60 valence electrons. The summed E-state index contributed by atoms with van der Waals surface area (Å²) in [6.45, 7) is 6.17. The average molecular weight is 150 g/mol. The Morgan fingerprint density at radius 1 is 1.45 bits per heavy atom. The molecule has 0 aliphatic heterocycles. The van der Waals surface area contributed by atoms with Crippen LogP contribution in [0.25, 0.3) is 0 Å². The molecule has 0 radical (unpaired) electrons. The molecule has 0 fully saturated rings. The van der Waals surface area contributed by atoms with Gasteiger partial charge in [-0.2, -0.15) is 0 Å². The third-order valence-corrected chi connectivity index (χ3v) is 2.00. The number of allylic oxidation sites excluding steroid dienone is 4. The van der Waals surface area contributed by atoms with Crippen LogP contribution in [0.3, 0.4) is 0 Å². The molecule has 11 heavy (non-hydrogen) atoms. The van der Waals surface area contributed by atoms with Gasteiger partial charge in [0.15, 0.2) is 5.78 Å². The second-order valence-electron chi connectivity index (χ2n) is 3.32. The third kappa shape index (κ3) is 1.59. The molecule has 1 nitrogen and oxygen atoms in total. The summed E-state index contributed by atoms with van der Waals surface area (Å²) in [4.78, 5) is 11.3. The van der Waals surface area contributed by atoms with Crippen LogP contribution in [0.1, 0.15) is 27.2 Å². The minimum absolute atomic E-state index is 0.198. The second kappa shape index (κ2) is 3.04. The van der Waals surface area contributed by atoms with Crippen LogP contribution in [-0.4, -0.2) is 5.78 Å². The van der Waals surface area contributed by atoms with Crippen LogP contribution in [0.2, 0.25) is 0 Å². The van der Waals surface area contributed by atoms with E-state index in [1.807, 2.05) is 13.0 Å². The fraction of sp³-hybridized carbons (Fsp3) is 0.500. The molecule has 1 rings (SSSR count). The highest BCUT2D eigenvalue weighted by atomic mass is 16.1. The van der Waals surface area contributed by atoms with Gasteiger partial charge >= 0.3 is 0 Å². The summed E-state index contributed by atoms with van der Waals surface area (Å²) in [7, 11) is 0. The van der Waals surface area contributed by atoms with Crippen molar-refractivity contribution in [3.63, 3.8) is 0 Å². The van der Waals surface area contributed by atoms with Gasteiger partial charge in [-0.25, -0.2) is 0 Å². The van der Waals surface area contributed by atoms with E-state index >= 15 is 0 Å². The van der Waals surface area contributed by atoms with Crippen molar-refractivity contribution in [3.8, 4) is 0 Å². The molecule has 0 amide bonds. The van der Waals surface area contributed by atoms with Crippen molar-refractivity contribution >= 4 is 5.78 Å². The van der Waals surface area contributed by atoms with E-state index in [1.165, 1.54) is 5.57 Å². The predicted octanol–water partition coefficient (Wildman–Crippen LogP) is 2.49. The topological polar surface area (TPSA) is 17.1 Å². The molecule has 1 aliphatic carbocycles.